The molecule has 30 heavy (non-hydrogen) atoms. The highest BCUT2D eigenvalue weighted by Crippen LogP contribution is 2.19. The van der Waals surface area contributed by atoms with Crippen LogP contribution >= 0.6 is 0 Å². The first-order valence-electron chi connectivity index (χ1n) is 10.5. The summed E-state index contributed by atoms with van der Waals surface area (Å²) in [6.45, 7) is 5.44. The summed E-state index contributed by atoms with van der Waals surface area (Å²) in [4.78, 5) is 17.4. The largest absolute Gasteiger partial charge is 0.352 e. The first-order chi connectivity index (χ1) is 14.6. The number of carbonyl (C=O) groups excluding carboxylic acids is 1. The van der Waals surface area contributed by atoms with Gasteiger partial charge in [-0.2, -0.15) is 0 Å². The van der Waals surface area contributed by atoms with Crippen molar-refractivity contribution in [3.05, 3.63) is 101 Å². The molecule has 4 aromatic rings. The SMILES string of the molecule is Cc1ccc(C(=O)NCCCc2nc3ccccc3n2Cc2ccccc2)c(C)c1. The Bertz CT molecular complexity index is 1160. The minimum absolute atomic E-state index is 0.00899. The summed E-state index contributed by atoms with van der Waals surface area (Å²) in [5.41, 5.74) is 6.35. The van der Waals surface area contributed by atoms with E-state index >= 15 is 0 Å². The number of fused-ring (bicyclic) bond motifs is 1. The van der Waals surface area contributed by atoms with Gasteiger partial charge in [0, 0.05) is 25.1 Å². The van der Waals surface area contributed by atoms with Crippen molar-refractivity contribution in [1.82, 2.24) is 14.9 Å². The molecule has 0 saturated carbocycles. The highest BCUT2D eigenvalue weighted by atomic mass is 16.1. The lowest BCUT2D eigenvalue weighted by atomic mass is 10.1. The van der Waals surface area contributed by atoms with Crippen LogP contribution < -0.4 is 5.32 Å². The van der Waals surface area contributed by atoms with Crippen molar-refractivity contribution in [2.24, 2.45) is 0 Å². The van der Waals surface area contributed by atoms with Crippen LogP contribution in [0, 0.1) is 13.8 Å². The number of nitrogens with zero attached hydrogens (tertiary/aromatic N) is 2. The van der Waals surface area contributed by atoms with Crippen LogP contribution in [-0.2, 0) is 13.0 Å². The molecule has 1 aromatic heterocycles. The third-order valence-electron chi connectivity index (χ3n) is 5.41. The number of aryl methyl sites for hydroxylation is 3. The Kier molecular flexibility index (Phi) is 5.94. The van der Waals surface area contributed by atoms with Gasteiger partial charge in [-0.05, 0) is 49.6 Å². The first kappa shape index (κ1) is 19.9. The van der Waals surface area contributed by atoms with Crippen LogP contribution in [0.4, 0.5) is 0 Å². The molecule has 1 amide bonds. The smallest absolute Gasteiger partial charge is 0.251 e. The second kappa shape index (κ2) is 8.95. The Morgan fingerprint density at radius 2 is 1.73 bits per heavy atom. The van der Waals surface area contributed by atoms with Gasteiger partial charge < -0.3 is 9.88 Å². The van der Waals surface area contributed by atoms with Gasteiger partial charge in [0.25, 0.3) is 5.91 Å². The monoisotopic (exact) mass is 397 g/mol. The summed E-state index contributed by atoms with van der Waals surface area (Å²) in [5, 5.41) is 3.06. The van der Waals surface area contributed by atoms with E-state index in [0.29, 0.717) is 6.54 Å². The van der Waals surface area contributed by atoms with Gasteiger partial charge in [-0.15, -0.1) is 0 Å². The first-order valence-corrected chi connectivity index (χ1v) is 10.5. The number of imidazole rings is 1. The van der Waals surface area contributed by atoms with Crippen LogP contribution in [0.25, 0.3) is 11.0 Å². The number of rotatable bonds is 7. The third kappa shape index (κ3) is 4.43. The number of hydrogen-bond donors (Lipinski definition) is 1. The average Bonchev–Trinajstić information content (AvgIpc) is 3.09. The van der Waals surface area contributed by atoms with Crippen molar-refractivity contribution in [2.75, 3.05) is 6.54 Å². The molecule has 0 aliphatic heterocycles. The normalized spacial score (nSPS) is 11.0. The highest BCUT2D eigenvalue weighted by Gasteiger charge is 2.12. The van der Waals surface area contributed by atoms with E-state index < -0.39 is 0 Å². The molecule has 0 spiro atoms. The van der Waals surface area contributed by atoms with Crippen LogP contribution in [-0.4, -0.2) is 22.0 Å². The predicted octanol–water partition coefficient (Wildman–Crippen LogP) is 5.06. The maximum atomic E-state index is 12.5. The molecule has 0 aliphatic carbocycles. The van der Waals surface area contributed by atoms with Crippen molar-refractivity contribution in [3.8, 4) is 0 Å². The van der Waals surface area contributed by atoms with Crippen LogP contribution in [0.1, 0.15) is 39.3 Å². The van der Waals surface area contributed by atoms with Crippen molar-refractivity contribution in [3.63, 3.8) is 0 Å². The molecule has 1 N–H and O–H groups in total. The van der Waals surface area contributed by atoms with Crippen molar-refractivity contribution in [1.29, 1.82) is 0 Å². The number of hydrogen-bond acceptors (Lipinski definition) is 2. The Morgan fingerprint density at radius 1 is 0.967 bits per heavy atom. The molecule has 0 aliphatic rings. The van der Waals surface area contributed by atoms with Crippen LogP contribution in [0.2, 0.25) is 0 Å². The number of aromatic nitrogens is 2. The van der Waals surface area contributed by atoms with Gasteiger partial charge >= 0.3 is 0 Å². The van der Waals surface area contributed by atoms with Gasteiger partial charge in [-0.25, -0.2) is 4.98 Å². The second-order valence-corrected chi connectivity index (χ2v) is 7.77. The molecule has 152 valence electrons. The van der Waals surface area contributed by atoms with E-state index in [0.717, 1.165) is 47.4 Å². The molecule has 4 heteroatoms. The van der Waals surface area contributed by atoms with E-state index in [1.807, 2.05) is 44.2 Å². The molecular formula is C26H27N3O. The molecule has 0 radical (unpaired) electrons. The van der Waals surface area contributed by atoms with Gasteiger partial charge in [-0.1, -0.05) is 60.2 Å². The average molecular weight is 398 g/mol. The van der Waals surface area contributed by atoms with Gasteiger partial charge in [-0.3, -0.25) is 4.79 Å². The summed E-state index contributed by atoms with van der Waals surface area (Å²) >= 11 is 0. The summed E-state index contributed by atoms with van der Waals surface area (Å²) in [5.74, 6) is 1.05. The predicted molar refractivity (Wildman–Crippen MR) is 122 cm³/mol. The van der Waals surface area contributed by atoms with Crippen LogP contribution in [0.5, 0.6) is 0 Å². The third-order valence-corrected chi connectivity index (χ3v) is 5.41. The Balaban J connectivity index is 1.43. The molecule has 3 aromatic carbocycles. The Hall–Kier alpha value is -3.40. The molecule has 4 rings (SSSR count). The number of benzene rings is 3. The summed E-state index contributed by atoms with van der Waals surface area (Å²) in [6.07, 6.45) is 1.66. The molecule has 4 nitrogen and oxygen atoms in total. The van der Waals surface area contributed by atoms with E-state index in [9.17, 15) is 4.79 Å². The zero-order valence-electron chi connectivity index (χ0n) is 17.6. The number of carbonyl (C=O) groups is 1. The van der Waals surface area contributed by atoms with Gasteiger partial charge in [0.2, 0.25) is 0 Å². The van der Waals surface area contributed by atoms with Crippen molar-refractivity contribution >= 4 is 16.9 Å². The highest BCUT2D eigenvalue weighted by molar-refractivity contribution is 5.95. The van der Waals surface area contributed by atoms with E-state index in [4.69, 9.17) is 4.98 Å². The van der Waals surface area contributed by atoms with Gasteiger partial charge in [0.05, 0.1) is 11.0 Å². The maximum Gasteiger partial charge on any atom is 0.251 e. The molecule has 0 bridgehead atoms. The molecular weight excluding hydrogens is 370 g/mol. The van der Waals surface area contributed by atoms with E-state index in [-0.39, 0.29) is 5.91 Å². The Labute approximate surface area is 177 Å². The lowest BCUT2D eigenvalue weighted by molar-refractivity contribution is 0.0952. The van der Waals surface area contributed by atoms with E-state index in [2.05, 4.69) is 52.3 Å². The number of para-hydroxylation sites is 2. The molecule has 0 unspecified atom stereocenters. The summed E-state index contributed by atoms with van der Waals surface area (Å²) in [7, 11) is 0. The molecule has 0 atom stereocenters. The van der Waals surface area contributed by atoms with Crippen LogP contribution in [0.3, 0.4) is 0 Å². The lowest BCUT2D eigenvalue weighted by Gasteiger charge is -2.11. The van der Waals surface area contributed by atoms with Crippen LogP contribution in [0.15, 0.2) is 72.8 Å². The minimum atomic E-state index is -0.00899. The summed E-state index contributed by atoms with van der Waals surface area (Å²) in [6, 6.07) is 24.6. The fourth-order valence-corrected chi connectivity index (χ4v) is 3.87. The topological polar surface area (TPSA) is 46.9 Å². The number of nitrogens with one attached hydrogen (secondary N) is 1. The quantitative estimate of drug-likeness (QED) is 0.443. The van der Waals surface area contributed by atoms with Crippen molar-refractivity contribution in [2.45, 2.75) is 33.2 Å². The van der Waals surface area contributed by atoms with E-state index in [1.165, 1.54) is 11.1 Å². The zero-order chi connectivity index (χ0) is 20.9. The van der Waals surface area contributed by atoms with Crippen molar-refractivity contribution < 1.29 is 4.79 Å². The fourth-order valence-electron chi connectivity index (χ4n) is 3.87. The summed E-state index contributed by atoms with van der Waals surface area (Å²) < 4.78 is 2.29. The van der Waals surface area contributed by atoms with E-state index in [1.54, 1.807) is 0 Å². The van der Waals surface area contributed by atoms with Gasteiger partial charge in [0.15, 0.2) is 0 Å². The molecule has 0 saturated heterocycles. The van der Waals surface area contributed by atoms with Gasteiger partial charge in [0.1, 0.15) is 5.82 Å². The number of amides is 1. The standard InChI is InChI=1S/C26H27N3O/c1-19-14-15-22(20(2)17-19)26(30)27-16-8-13-25-28-23-11-6-7-12-24(23)29(25)18-21-9-4-3-5-10-21/h3-7,9-12,14-15,17H,8,13,16,18H2,1-2H3,(H,27,30). The minimum Gasteiger partial charge on any atom is -0.352 e. The zero-order valence-corrected chi connectivity index (χ0v) is 17.6. The molecule has 1 heterocycles. The molecule has 0 fully saturated rings. The fraction of sp³-hybridized carbons (Fsp3) is 0.231. The lowest BCUT2D eigenvalue weighted by Crippen LogP contribution is -2.25. The Morgan fingerprint density at radius 3 is 2.53 bits per heavy atom. The maximum absolute atomic E-state index is 12.5. The second-order valence-electron chi connectivity index (χ2n) is 7.77.